The van der Waals surface area contributed by atoms with Gasteiger partial charge in [-0.1, -0.05) is 36.1 Å². The Balaban J connectivity index is -0.00000112. The van der Waals surface area contributed by atoms with Crippen molar-refractivity contribution in [3.63, 3.8) is 0 Å². The Labute approximate surface area is 114 Å². The predicted octanol–water partition coefficient (Wildman–Crippen LogP) is 1.20. The smallest absolute Gasteiger partial charge is 0.330 e. The number of rotatable bonds is 6. The molecule has 0 aliphatic heterocycles. The Hall–Kier alpha value is -1.42. The van der Waals surface area contributed by atoms with E-state index in [2.05, 4.69) is 18.5 Å². The average Bonchev–Trinajstić information content (AvgIpc) is 2.21. The normalized spacial score (nSPS) is 11.8. The second kappa shape index (κ2) is 10.7. The monoisotopic (exact) mass is 295 g/mol. The van der Waals surface area contributed by atoms with Gasteiger partial charge >= 0.3 is 11.9 Å². The molecule has 0 aliphatic rings. The van der Waals surface area contributed by atoms with E-state index in [0.29, 0.717) is 0 Å². The summed E-state index contributed by atoms with van der Waals surface area (Å²) in [5.74, 6) is -2.22. The van der Waals surface area contributed by atoms with E-state index in [9.17, 15) is 9.59 Å². The summed E-state index contributed by atoms with van der Waals surface area (Å²) in [6, 6.07) is -1.03. The van der Waals surface area contributed by atoms with Crippen molar-refractivity contribution in [2.75, 3.05) is 0 Å². The van der Waals surface area contributed by atoms with Crippen LogP contribution in [0.2, 0.25) is 0 Å². The predicted molar refractivity (Wildman–Crippen MR) is 76.6 cm³/mol. The molecule has 0 aromatic rings. The lowest BCUT2D eigenvalue weighted by Crippen LogP contribution is -2.38. The Morgan fingerprint density at radius 2 is 1.67 bits per heavy atom. The van der Waals surface area contributed by atoms with Gasteiger partial charge in [-0.3, -0.25) is 4.79 Å². The van der Waals surface area contributed by atoms with Gasteiger partial charge < -0.3 is 27.8 Å². The molecule has 0 aromatic carbocycles. The number of hydrogen-bond donors (Lipinski definition) is 5. The van der Waals surface area contributed by atoms with Crippen molar-refractivity contribution in [3.05, 3.63) is 25.3 Å². The highest BCUT2D eigenvalue weighted by Gasteiger charge is 2.19. The number of thiocarbonyl (C=S) groups is 1. The van der Waals surface area contributed by atoms with Gasteiger partial charge in [0.2, 0.25) is 0 Å². The minimum absolute atomic E-state index is 0. The van der Waals surface area contributed by atoms with E-state index >= 15 is 0 Å². The summed E-state index contributed by atoms with van der Waals surface area (Å²) in [6.07, 6.45) is 2.38. The van der Waals surface area contributed by atoms with Crippen LogP contribution in [0.3, 0.4) is 0 Å². The molecule has 0 fully saturated rings. The van der Waals surface area contributed by atoms with Gasteiger partial charge in [-0.15, -0.1) is 13.2 Å². The minimum Gasteiger partial charge on any atom is -0.480 e. The van der Waals surface area contributed by atoms with E-state index in [1.54, 1.807) is 0 Å². The largest absolute Gasteiger partial charge is 0.480 e. The summed E-state index contributed by atoms with van der Waals surface area (Å²) in [5.41, 5.74) is 0. The first-order valence-corrected chi connectivity index (χ1v) is 5.39. The van der Waals surface area contributed by atoms with Crippen LogP contribution in [0.4, 0.5) is 0 Å². The van der Waals surface area contributed by atoms with Crippen LogP contribution in [0.5, 0.6) is 0 Å². The molecule has 9 heteroatoms. The molecular weight excluding hydrogens is 278 g/mol. The van der Waals surface area contributed by atoms with Crippen molar-refractivity contribution in [2.24, 2.45) is 0 Å². The highest BCUT2D eigenvalue weighted by molar-refractivity contribution is 8.23. The van der Waals surface area contributed by atoms with Gasteiger partial charge in [0.05, 0.1) is 0 Å². The lowest BCUT2D eigenvalue weighted by atomic mass is 10.3. The van der Waals surface area contributed by atoms with Gasteiger partial charge in [0, 0.05) is 0 Å². The fourth-order valence-corrected chi connectivity index (χ4v) is 1.76. The molecule has 0 aromatic heterocycles. The molecular formula is C9H17N3O4S2. The van der Waals surface area contributed by atoms with Crippen LogP contribution in [0.15, 0.2) is 25.3 Å². The number of hydrogen-bond acceptors (Lipinski definition) is 6. The summed E-state index contributed by atoms with van der Waals surface area (Å²) in [6.45, 7) is 6.67. The van der Waals surface area contributed by atoms with E-state index in [4.69, 9.17) is 22.4 Å². The lowest BCUT2D eigenvalue weighted by Gasteiger charge is -2.13. The molecule has 0 spiro atoms. The van der Waals surface area contributed by atoms with Crippen LogP contribution in [-0.2, 0) is 9.59 Å². The zero-order valence-corrected chi connectivity index (χ0v) is 11.3. The molecule has 0 bridgehead atoms. The zero-order chi connectivity index (χ0) is 12.7. The summed E-state index contributed by atoms with van der Waals surface area (Å²) in [4.78, 5) is 21.3. The minimum atomic E-state index is -1.14. The quantitative estimate of drug-likeness (QED) is 0.358. The van der Waals surface area contributed by atoms with E-state index in [1.807, 2.05) is 0 Å². The third-order valence-corrected chi connectivity index (χ3v) is 2.85. The molecule has 0 rings (SSSR count). The number of nitrogens with one attached hydrogen (secondary N) is 1. The Morgan fingerprint density at radius 1 is 1.17 bits per heavy atom. The fourth-order valence-electron chi connectivity index (χ4n) is 0.697. The van der Waals surface area contributed by atoms with Gasteiger partial charge in [0.15, 0.2) is 0 Å². The van der Waals surface area contributed by atoms with Crippen molar-refractivity contribution in [1.29, 1.82) is 0 Å². The molecule has 104 valence electrons. The Kier molecular flexibility index (Phi) is 13.0. The molecule has 0 saturated carbocycles. The van der Waals surface area contributed by atoms with Crippen LogP contribution in [0, 0.1) is 0 Å². The van der Waals surface area contributed by atoms with E-state index in [0.717, 1.165) is 11.8 Å². The molecule has 18 heavy (non-hydrogen) atoms. The van der Waals surface area contributed by atoms with E-state index in [-0.39, 0.29) is 16.6 Å². The SMILES string of the molecule is C=CC(NC(=S)SC(C=C)C(=O)O)C(=O)O.N.N. The second-order valence-corrected chi connectivity index (χ2v) is 4.41. The third kappa shape index (κ3) is 7.79. The average molecular weight is 295 g/mol. The maximum Gasteiger partial charge on any atom is 0.330 e. The first-order valence-electron chi connectivity index (χ1n) is 4.10. The number of carboxylic acids is 2. The molecule has 7 nitrogen and oxygen atoms in total. The Morgan fingerprint density at radius 3 is 1.94 bits per heavy atom. The first-order chi connectivity index (χ1) is 7.42. The Bertz CT molecular complexity index is 306. The third-order valence-electron chi connectivity index (χ3n) is 1.47. The van der Waals surface area contributed by atoms with Gasteiger partial charge in [-0.2, -0.15) is 0 Å². The maximum atomic E-state index is 10.6. The van der Waals surface area contributed by atoms with Crippen LogP contribution in [-0.4, -0.2) is 37.8 Å². The summed E-state index contributed by atoms with van der Waals surface area (Å²) >= 11 is 5.61. The van der Waals surface area contributed by atoms with Crippen molar-refractivity contribution in [3.8, 4) is 0 Å². The fraction of sp³-hybridized carbons (Fsp3) is 0.222. The van der Waals surface area contributed by atoms with Gasteiger partial charge in [0.1, 0.15) is 15.6 Å². The number of aliphatic carboxylic acids is 2. The number of carbonyl (C=O) groups is 2. The standard InChI is InChI=1S/C9H11NO4S2.2H3N/c1-3-5(7(11)12)10-9(15)16-6(4-2)8(13)14;;/h3-6H,1-2H2,(H,10,15)(H,11,12)(H,13,14);2*1H3. The molecule has 0 amide bonds. The number of thioether (sulfide) groups is 1. The maximum absolute atomic E-state index is 10.6. The number of carboxylic acid groups (broad SMARTS) is 2. The van der Waals surface area contributed by atoms with E-state index < -0.39 is 23.2 Å². The van der Waals surface area contributed by atoms with Gasteiger partial charge in [-0.25, -0.2) is 4.79 Å². The molecule has 0 aliphatic carbocycles. The second-order valence-electron chi connectivity index (χ2n) is 2.60. The van der Waals surface area contributed by atoms with Crippen LogP contribution < -0.4 is 17.6 Å². The highest BCUT2D eigenvalue weighted by atomic mass is 32.2. The van der Waals surface area contributed by atoms with Crippen LogP contribution in [0.1, 0.15) is 0 Å². The lowest BCUT2D eigenvalue weighted by molar-refractivity contribution is -0.138. The summed E-state index contributed by atoms with van der Waals surface area (Å²) in [7, 11) is 0. The van der Waals surface area contributed by atoms with Crippen molar-refractivity contribution in [1.82, 2.24) is 17.6 Å². The van der Waals surface area contributed by atoms with Crippen LogP contribution >= 0.6 is 24.0 Å². The molecule has 0 radical (unpaired) electrons. The van der Waals surface area contributed by atoms with E-state index in [1.165, 1.54) is 12.2 Å². The molecule has 9 N–H and O–H groups in total. The van der Waals surface area contributed by atoms with Gasteiger partial charge in [-0.05, 0) is 0 Å². The molecule has 2 unspecified atom stereocenters. The topological polar surface area (TPSA) is 157 Å². The highest BCUT2D eigenvalue weighted by Crippen LogP contribution is 2.13. The summed E-state index contributed by atoms with van der Waals surface area (Å²) < 4.78 is 0.0691. The molecule has 0 heterocycles. The van der Waals surface area contributed by atoms with Gasteiger partial charge in [0.25, 0.3) is 0 Å². The summed E-state index contributed by atoms with van der Waals surface area (Å²) in [5, 5.41) is 18.9. The van der Waals surface area contributed by atoms with Crippen molar-refractivity contribution < 1.29 is 19.8 Å². The molecule has 2 atom stereocenters. The first kappa shape index (κ1) is 21.8. The zero-order valence-electron chi connectivity index (χ0n) is 9.67. The molecule has 0 saturated heterocycles. The van der Waals surface area contributed by atoms with Crippen molar-refractivity contribution >= 4 is 40.2 Å². The van der Waals surface area contributed by atoms with Crippen molar-refractivity contribution in [2.45, 2.75) is 11.3 Å². The van der Waals surface area contributed by atoms with Crippen LogP contribution in [0.25, 0.3) is 0 Å².